The SMILES string of the molecule is Cc1ccc(NC(=O)c2c(-c3ccc(C)cc3)c(I)c(C3CCCCC3)[nH]c2=O)cc1. The summed E-state index contributed by atoms with van der Waals surface area (Å²) in [7, 11) is 0. The Morgan fingerprint density at radius 2 is 1.52 bits per heavy atom. The molecule has 1 saturated carbocycles. The second-order valence-corrected chi connectivity index (χ2v) is 9.53. The van der Waals surface area contributed by atoms with Gasteiger partial charge in [-0.25, -0.2) is 0 Å². The molecule has 1 heterocycles. The molecule has 0 unspecified atom stereocenters. The van der Waals surface area contributed by atoms with Crippen molar-refractivity contribution in [3.63, 3.8) is 0 Å². The first kappa shape index (κ1) is 21.8. The van der Waals surface area contributed by atoms with Crippen molar-refractivity contribution in [1.29, 1.82) is 0 Å². The Labute approximate surface area is 196 Å². The fourth-order valence-corrected chi connectivity index (χ4v) is 5.46. The van der Waals surface area contributed by atoms with E-state index in [1.54, 1.807) is 0 Å². The normalized spacial score (nSPS) is 14.4. The van der Waals surface area contributed by atoms with Gasteiger partial charge in [0.05, 0.1) is 0 Å². The fourth-order valence-electron chi connectivity index (χ4n) is 4.31. The minimum Gasteiger partial charge on any atom is -0.324 e. The van der Waals surface area contributed by atoms with Crippen LogP contribution in [0, 0.1) is 17.4 Å². The second kappa shape index (κ2) is 9.39. The molecule has 0 saturated heterocycles. The Bertz CT molecular complexity index is 1140. The number of anilines is 1. The predicted octanol–water partition coefficient (Wildman–Crippen LogP) is 6.56. The summed E-state index contributed by atoms with van der Waals surface area (Å²) in [5, 5.41) is 2.91. The van der Waals surface area contributed by atoms with Gasteiger partial charge in [-0.15, -0.1) is 0 Å². The Hall–Kier alpha value is -2.41. The van der Waals surface area contributed by atoms with Crippen molar-refractivity contribution in [1.82, 2.24) is 4.98 Å². The molecule has 160 valence electrons. The van der Waals surface area contributed by atoms with Gasteiger partial charge in [0.25, 0.3) is 11.5 Å². The average Bonchev–Trinajstić information content (AvgIpc) is 2.77. The van der Waals surface area contributed by atoms with E-state index in [0.29, 0.717) is 11.6 Å². The Kier molecular flexibility index (Phi) is 6.60. The number of carbonyl (C=O) groups excluding carboxylic acids is 1. The number of pyridine rings is 1. The number of halogens is 1. The van der Waals surface area contributed by atoms with E-state index < -0.39 is 0 Å². The molecule has 1 aromatic heterocycles. The second-order valence-electron chi connectivity index (χ2n) is 8.45. The van der Waals surface area contributed by atoms with E-state index in [9.17, 15) is 9.59 Å². The van der Waals surface area contributed by atoms with Crippen LogP contribution < -0.4 is 10.9 Å². The monoisotopic (exact) mass is 526 g/mol. The average molecular weight is 526 g/mol. The van der Waals surface area contributed by atoms with E-state index in [4.69, 9.17) is 0 Å². The fraction of sp³-hybridized carbons (Fsp3) is 0.308. The van der Waals surface area contributed by atoms with Crippen molar-refractivity contribution in [2.24, 2.45) is 0 Å². The number of aromatic nitrogens is 1. The maximum atomic E-state index is 13.3. The topological polar surface area (TPSA) is 62.0 Å². The molecular formula is C26H27IN2O2. The number of aromatic amines is 1. The van der Waals surface area contributed by atoms with Crippen LogP contribution >= 0.6 is 22.6 Å². The molecule has 3 aromatic rings. The lowest BCUT2D eigenvalue weighted by atomic mass is 9.85. The minimum atomic E-state index is -0.381. The van der Waals surface area contributed by atoms with Gasteiger partial charge in [-0.2, -0.15) is 0 Å². The quantitative estimate of drug-likeness (QED) is 0.378. The van der Waals surface area contributed by atoms with E-state index in [1.807, 2.05) is 62.4 Å². The number of amides is 1. The lowest BCUT2D eigenvalue weighted by molar-refractivity contribution is 0.102. The van der Waals surface area contributed by atoms with Crippen molar-refractivity contribution in [3.05, 3.63) is 84.8 Å². The van der Waals surface area contributed by atoms with Crippen LogP contribution in [0.25, 0.3) is 11.1 Å². The first-order valence-corrected chi connectivity index (χ1v) is 11.9. The highest BCUT2D eigenvalue weighted by molar-refractivity contribution is 14.1. The summed E-state index contributed by atoms with van der Waals surface area (Å²) in [4.78, 5) is 29.6. The smallest absolute Gasteiger partial charge is 0.261 e. The van der Waals surface area contributed by atoms with Gasteiger partial charge in [-0.1, -0.05) is 66.8 Å². The Morgan fingerprint density at radius 1 is 0.935 bits per heavy atom. The van der Waals surface area contributed by atoms with Crippen molar-refractivity contribution in [2.45, 2.75) is 51.9 Å². The highest BCUT2D eigenvalue weighted by Crippen LogP contribution is 2.38. The van der Waals surface area contributed by atoms with Gasteiger partial charge >= 0.3 is 0 Å². The number of H-pyrrole nitrogens is 1. The number of aryl methyl sites for hydroxylation is 2. The van der Waals surface area contributed by atoms with Crippen LogP contribution in [0.5, 0.6) is 0 Å². The molecular weight excluding hydrogens is 499 g/mol. The molecule has 0 bridgehead atoms. The first-order valence-electron chi connectivity index (χ1n) is 10.8. The minimum absolute atomic E-state index is 0.174. The predicted molar refractivity (Wildman–Crippen MR) is 135 cm³/mol. The third kappa shape index (κ3) is 4.76. The molecule has 1 aliphatic carbocycles. The summed E-state index contributed by atoms with van der Waals surface area (Å²) in [5.41, 5.74) is 5.39. The van der Waals surface area contributed by atoms with Crippen LogP contribution in [0.2, 0.25) is 0 Å². The van der Waals surface area contributed by atoms with Crippen molar-refractivity contribution in [2.75, 3.05) is 5.32 Å². The highest BCUT2D eigenvalue weighted by Gasteiger charge is 2.27. The van der Waals surface area contributed by atoms with Crippen LogP contribution in [0.1, 0.15) is 65.2 Å². The zero-order valence-corrected chi connectivity index (χ0v) is 20.1. The molecule has 1 fully saturated rings. The molecule has 2 N–H and O–H groups in total. The number of hydrogen-bond donors (Lipinski definition) is 2. The van der Waals surface area contributed by atoms with Gasteiger partial charge in [0.2, 0.25) is 0 Å². The summed E-state index contributed by atoms with van der Waals surface area (Å²) >= 11 is 2.32. The molecule has 0 atom stereocenters. The molecule has 1 aliphatic rings. The summed E-state index contributed by atoms with van der Waals surface area (Å²) in [5.74, 6) is -0.0412. The zero-order chi connectivity index (χ0) is 22.0. The largest absolute Gasteiger partial charge is 0.324 e. The van der Waals surface area contributed by atoms with E-state index in [0.717, 1.165) is 44.4 Å². The van der Waals surface area contributed by atoms with Gasteiger partial charge in [-0.05, 0) is 67.0 Å². The number of carbonyl (C=O) groups is 1. The molecule has 31 heavy (non-hydrogen) atoms. The van der Waals surface area contributed by atoms with Crippen LogP contribution in [0.3, 0.4) is 0 Å². The van der Waals surface area contributed by atoms with Gasteiger partial charge in [0.1, 0.15) is 5.56 Å². The highest BCUT2D eigenvalue weighted by atomic mass is 127. The molecule has 2 aromatic carbocycles. The van der Waals surface area contributed by atoms with E-state index >= 15 is 0 Å². The Balaban J connectivity index is 1.83. The molecule has 4 nitrogen and oxygen atoms in total. The third-order valence-electron chi connectivity index (χ3n) is 6.07. The number of nitrogens with one attached hydrogen (secondary N) is 2. The third-order valence-corrected chi connectivity index (χ3v) is 7.19. The van der Waals surface area contributed by atoms with Crippen LogP contribution in [-0.2, 0) is 0 Å². The van der Waals surface area contributed by atoms with Crippen LogP contribution in [0.4, 0.5) is 5.69 Å². The molecule has 0 radical (unpaired) electrons. The van der Waals surface area contributed by atoms with Crippen molar-refractivity contribution in [3.8, 4) is 11.1 Å². The first-order chi connectivity index (χ1) is 14.9. The number of rotatable bonds is 4. The number of benzene rings is 2. The van der Waals surface area contributed by atoms with E-state index in [2.05, 4.69) is 32.9 Å². The van der Waals surface area contributed by atoms with Gasteiger partial charge in [-0.3, -0.25) is 9.59 Å². The maximum Gasteiger partial charge on any atom is 0.261 e. The van der Waals surface area contributed by atoms with Crippen LogP contribution in [-0.4, -0.2) is 10.9 Å². The van der Waals surface area contributed by atoms with Gasteiger partial charge < -0.3 is 10.3 Å². The van der Waals surface area contributed by atoms with Gasteiger partial charge in [0.15, 0.2) is 0 Å². The van der Waals surface area contributed by atoms with Crippen molar-refractivity contribution >= 4 is 34.2 Å². The number of hydrogen-bond acceptors (Lipinski definition) is 2. The van der Waals surface area contributed by atoms with Gasteiger partial charge in [0, 0.05) is 26.4 Å². The summed E-state index contributed by atoms with van der Waals surface area (Å²) < 4.78 is 0.974. The molecule has 0 aliphatic heterocycles. The van der Waals surface area contributed by atoms with Crippen molar-refractivity contribution < 1.29 is 4.79 Å². The molecule has 5 heteroatoms. The maximum absolute atomic E-state index is 13.3. The lowest BCUT2D eigenvalue weighted by Crippen LogP contribution is -2.28. The summed E-state index contributed by atoms with van der Waals surface area (Å²) in [6.07, 6.45) is 5.76. The zero-order valence-electron chi connectivity index (χ0n) is 17.9. The van der Waals surface area contributed by atoms with E-state index in [-0.39, 0.29) is 17.0 Å². The lowest BCUT2D eigenvalue weighted by Gasteiger charge is -2.24. The van der Waals surface area contributed by atoms with E-state index in [1.165, 1.54) is 19.3 Å². The molecule has 4 rings (SSSR count). The summed E-state index contributed by atoms with van der Waals surface area (Å²) in [6, 6.07) is 15.6. The molecule has 0 spiro atoms. The molecule has 1 amide bonds. The Morgan fingerprint density at radius 3 is 2.13 bits per heavy atom. The van der Waals surface area contributed by atoms with Crippen LogP contribution in [0.15, 0.2) is 53.3 Å². The standard InChI is InChI=1S/C26H27IN2O2/c1-16-8-12-18(13-9-16)21-22(25(30)28-20-14-10-17(2)11-15-20)26(31)29-24(23(21)27)19-6-4-3-5-7-19/h8-15,19H,3-7H2,1-2H3,(H,28,30)(H,29,31). The summed E-state index contributed by atoms with van der Waals surface area (Å²) in [6.45, 7) is 4.03.